The van der Waals surface area contributed by atoms with Crippen molar-refractivity contribution in [3.05, 3.63) is 57.6 Å². The van der Waals surface area contributed by atoms with E-state index in [2.05, 4.69) is 4.98 Å². The van der Waals surface area contributed by atoms with Crippen LogP contribution in [0.2, 0.25) is 0 Å². The van der Waals surface area contributed by atoms with Gasteiger partial charge in [-0.15, -0.1) is 0 Å². The summed E-state index contributed by atoms with van der Waals surface area (Å²) in [5.41, 5.74) is 7.50. The summed E-state index contributed by atoms with van der Waals surface area (Å²) < 4.78 is 13.4. The highest BCUT2D eigenvalue weighted by Gasteiger charge is 2.04. The normalized spacial score (nSPS) is 10.5. The molecule has 0 fully saturated rings. The second-order valence-corrected chi connectivity index (χ2v) is 3.89. The maximum absolute atomic E-state index is 13.4. The third-order valence-corrected chi connectivity index (χ3v) is 2.69. The zero-order valence-corrected chi connectivity index (χ0v) is 9.46. The van der Waals surface area contributed by atoms with Crippen molar-refractivity contribution in [3.8, 4) is 11.3 Å². The van der Waals surface area contributed by atoms with Crippen LogP contribution in [0.1, 0.15) is 11.1 Å². The van der Waals surface area contributed by atoms with Gasteiger partial charge in [0, 0.05) is 23.4 Å². The van der Waals surface area contributed by atoms with Crippen LogP contribution in [0.5, 0.6) is 0 Å². The SMILES string of the molecule is Cc1ccc(-c2ccc(CN)c(=O)[nH]2)cc1F. The standard InChI is InChI=1S/C13H13FN2O/c1-8-2-3-9(6-11(8)14)12-5-4-10(7-15)13(17)16-12/h2-6H,7,15H2,1H3,(H,16,17). The van der Waals surface area contributed by atoms with Gasteiger partial charge in [0.05, 0.1) is 0 Å². The predicted molar refractivity (Wildman–Crippen MR) is 65.1 cm³/mol. The minimum atomic E-state index is -0.286. The van der Waals surface area contributed by atoms with Crippen LogP contribution in [0.15, 0.2) is 35.1 Å². The lowest BCUT2D eigenvalue weighted by molar-refractivity contribution is 0.619. The van der Waals surface area contributed by atoms with Crippen LogP contribution >= 0.6 is 0 Å². The van der Waals surface area contributed by atoms with E-state index in [9.17, 15) is 9.18 Å². The van der Waals surface area contributed by atoms with Crippen molar-refractivity contribution in [2.75, 3.05) is 0 Å². The first-order valence-corrected chi connectivity index (χ1v) is 5.30. The lowest BCUT2D eigenvalue weighted by Crippen LogP contribution is -2.15. The Hall–Kier alpha value is -1.94. The Balaban J connectivity index is 2.50. The Labute approximate surface area is 98.1 Å². The molecule has 0 aliphatic heterocycles. The number of halogens is 1. The zero-order valence-electron chi connectivity index (χ0n) is 9.46. The fourth-order valence-corrected chi connectivity index (χ4v) is 1.59. The molecule has 2 aromatic rings. The van der Waals surface area contributed by atoms with E-state index >= 15 is 0 Å². The molecule has 3 N–H and O–H groups in total. The van der Waals surface area contributed by atoms with Crippen molar-refractivity contribution in [1.82, 2.24) is 4.98 Å². The van der Waals surface area contributed by atoms with Gasteiger partial charge in [-0.25, -0.2) is 4.39 Å². The summed E-state index contributed by atoms with van der Waals surface area (Å²) >= 11 is 0. The topological polar surface area (TPSA) is 58.9 Å². The molecule has 0 amide bonds. The van der Waals surface area contributed by atoms with E-state index in [1.165, 1.54) is 6.07 Å². The third kappa shape index (κ3) is 2.26. The van der Waals surface area contributed by atoms with Crippen molar-refractivity contribution in [2.45, 2.75) is 13.5 Å². The number of aromatic nitrogens is 1. The molecule has 0 bridgehead atoms. The Kier molecular flexibility index (Phi) is 3.06. The molecule has 2 rings (SSSR count). The van der Waals surface area contributed by atoms with Gasteiger partial charge in [0.1, 0.15) is 5.82 Å². The van der Waals surface area contributed by atoms with E-state index in [1.807, 2.05) is 0 Å². The summed E-state index contributed by atoms with van der Waals surface area (Å²) in [7, 11) is 0. The van der Waals surface area contributed by atoms with Gasteiger partial charge >= 0.3 is 0 Å². The summed E-state index contributed by atoms with van der Waals surface area (Å²) in [6.07, 6.45) is 0. The Morgan fingerprint density at radius 1 is 1.29 bits per heavy atom. The monoisotopic (exact) mass is 232 g/mol. The second kappa shape index (κ2) is 4.51. The van der Waals surface area contributed by atoms with E-state index in [1.54, 1.807) is 31.2 Å². The van der Waals surface area contributed by atoms with Gasteiger partial charge in [-0.2, -0.15) is 0 Å². The average molecular weight is 232 g/mol. The molecule has 0 aliphatic rings. The number of aryl methyl sites for hydroxylation is 1. The van der Waals surface area contributed by atoms with Crippen molar-refractivity contribution >= 4 is 0 Å². The first-order valence-electron chi connectivity index (χ1n) is 5.30. The van der Waals surface area contributed by atoms with Crippen LogP contribution < -0.4 is 11.3 Å². The van der Waals surface area contributed by atoms with Gasteiger partial charge in [-0.05, 0) is 24.6 Å². The van der Waals surface area contributed by atoms with Crippen molar-refractivity contribution in [1.29, 1.82) is 0 Å². The van der Waals surface area contributed by atoms with Crippen LogP contribution in [0.25, 0.3) is 11.3 Å². The van der Waals surface area contributed by atoms with Crippen molar-refractivity contribution in [2.24, 2.45) is 5.73 Å². The fraction of sp³-hybridized carbons (Fsp3) is 0.154. The number of H-pyrrole nitrogens is 1. The highest BCUT2D eigenvalue weighted by Crippen LogP contribution is 2.18. The molecule has 0 spiro atoms. The number of hydrogen-bond donors (Lipinski definition) is 2. The third-order valence-electron chi connectivity index (χ3n) is 2.69. The molecule has 1 heterocycles. The molecule has 0 saturated heterocycles. The molecule has 0 unspecified atom stereocenters. The smallest absolute Gasteiger partial charge is 0.252 e. The molecule has 88 valence electrons. The minimum Gasteiger partial charge on any atom is -0.326 e. The maximum Gasteiger partial charge on any atom is 0.252 e. The first-order chi connectivity index (χ1) is 8.11. The average Bonchev–Trinajstić information content (AvgIpc) is 2.32. The molecular formula is C13H13FN2O. The van der Waals surface area contributed by atoms with Crippen LogP contribution in [0, 0.1) is 12.7 Å². The van der Waals surface area contributed by atoms with Gasteiger partial charge in [0.25, 0.3) is 5.56 Å². The zero-order chi connectivity index (χ0) is 12.4. The Morgan fingerprint density at radius 2 is 2.06 bits per heavy atom. The lowest BCUT2D eigenvalue weighted by Gasteiger charge is -2.04. The maximum atomic E-state index is 13.4. The molecule has 17 heavy (non-hydrogen) atoms. The minimum absolute atomic E-state index is 0.192. The van der Waals surface area contributed by atoms with Gasteiger partial charge in [-0.3, -0.25) is 4.79 Å². The first kappa shape index (κ1) is 11.5. The number of nitrogens with one attached hydrogen (secondary N) is 1. The molecule has 0 radical (unpaired) electrons. The molecule has 0 atom stereocenters. The van der Waals surface area contributed by atoms with E-state index in [0.717, 1.165) is 0 Å². The number of benzene rings is 1. The Morgan fingerprint density at radius 3 is 2.65 bits per heavy atom. The largest absolute Gasteiger partial charge is 0.326 e. The summed E-state index contributed by atoms with van der Waals surface area (Å²) in [4.78, 5) is 14.3. The van der Waals surface area contributed by atoms with Crippen molar-refractivity contribution in [3.63, 3.8) is 0 Å². The molecule has 0 aliphatic carbocycles. The number of nitrogens with two attached hydrogens (primary N) is 1. The number of aromatic amines is 1. The lowest BCUT2D eigenvalue weighted by atomic mass is 10.1. The van der Waals surface area contributed by atoms with E-state index in [4.69, 9.17) is 5.73 Å². The fourth-order valence-electron chi connectivity index (χ4n) is 1.59. The van der Waals surface area contributed by atoms with E-state index in [-0.39, 0.29) is 17.9 Å². The number of pyridine rings is 1. The van der Waals surface area contributed by atoms with Crippen LogP contribution in [-0.4, -0.2) is 4.98 Å². The molecule has 1 aromatic heterocycles. The highest BCUT2D eigenvalue weighted by molar-refractivity contribution is 5.59. The van der Waals surface area contributed by atoms with E-state index < -0.39 is 0 Å². The highest BCUT2D eigenvalue weighted by atomic mass is 19.1. The number of rotatable bonds is 2. The summed E-state index contributed by atoms with van der Waals surface area (Å²) in [6.45, 7) is 1.89. The van der Waals surface area contributed by atoms with Gasteiger partial charge in [0.2, 0.25) is 0 Å². The predicted octanol–water partition coefficient (Wildman–Crippen LogP) is 1.95. The molecule has 3 nitrogen and oxygen atoms in total. The molecular weight excluding hydrogens is 219 g/mol. The molecule has 1 aromatic carbocycles. The summed E-state index contributed by atoms with van der Waals surface area (Å²) in [5, 5.41) is 0. The van der Waals surface area contributed by atoms with Crippen LogP contribution in [0.3, 0.4) is 0 Å². The molecule has 4 heteroatoms. The van der Waals surface area contributed by atoms with Gasteiger partial charge in [-0.1, -0.05) is 18.2 Å². The van der Waals surface area contributed by atoms with E-state index in [0.29, 0.717) is 22.4 Å². The quantitative estimate of drug-likeness (QED) is 0.831. The summed E-state index contributed by atoms with van der Waals surface area (Å²) in [6, 6.07) is 8.24. The Bertz CT molecular complexity index is 605. The van der Waals surface area contributed by atoms with Gasteiger partial charge < -0.3 is 10.7 Å². The van der Waals surface area contributed by atoms with Crippen molar-refractivity contribution < 1.29 is 4.39 Å². The molecule has 0 saturated carbocycles. The second-order valence-electron chi connectivity index (χ2n) is 3.89. The van der Waals surface area contributed by atoms with Crippen LogP contribution in [-0.2, 0) is 6.54 Å². The van der Waals surface area contributed by atoms with Crippen LogP contribution in [0.4, 0.5) is 4.39 Å². The summed E-state index contributed by atoms with van der Waals surface area (Å²) in [5.74, 6) is -0.286. The van der Waals surface area contributed by atoms with Gasteiger partial charge in [0.15, 0.2) is 0 Å². The number of hydrogen-bond acceptors (Lipinski definition) is 2.